The van der Waals surface area contributed by atoms with Crippen LogP contribution in [-0.2, 0) is 4.74 Å². The van der Waals surface area contributed by atoms with Gasteiger partial charge >= 0.3 is 0 Å². The van der Waals surface area contributed by atoms with Crippen molar-refractivity contribution in [3.63, 3.8) is 0 Å². The van der Waals surface area contributed by atoms with Crippen LogP contribution in [0, 0.1) is 0 Å². The molecule has 0 saturated carbocycles. The Morgan fingerprint density at radius 2 is 1.90 bits per heavy atom. The number of ether oxygens (including phenoxy) is 1. The summed E-state index contributed by atoms with van der Waals surface area (Å²) in [6.07, 6.45) is 4.58. The normalized spacial score (nSPS) is 31.3. The molecule has 0 spiro atoms. The van der Waals surface area contributed by atoms with E-state index in [1.807, 2.05) is 0 Å². The van der Waals surface area contributed by atoms with E-state index in [4.69, 9.17) is 4.74 Å². The first-order valence-electron chi connectivity index (χ1n) is 8.50. The van der Waals surface area contributed by atoms with Crippen LogP contribution in [-0.4, -0.2) is 59.3 Å². The highest BCUT2D eigenvalue weighted by Crippen LogP contribution is 2.31. The van der Waals surface area contributed by atoms with Gasteiger partial charge in [-0.05, 0) is 46.6 Å². The summed E-state index contributed by atoms with van der Waals surface area (Å²) < 4.78 is 6.69. The molecule has 0 aliphatic carbocycles. The summed E-state index contributed by atoms with van der Waals surface area (Å²) in [5.74, 6) is 1.26. The highest BCUT2D eigenvalue weighted by Gasteiger charge is 2.29. The molecule has 2 aliphatic rings. The van der Waals surface area contributed by atoms with Crippen LogP contribution in [0.2, 0.25) is 0 Å². The number of thioether (sulfide) groups is 1. The second kappa shape index (κ2) is 7.20. The lowest BCUT2D eigenvalue weighted by Crippen LogP contribution is -2.41. The van der Waals surface area contributed by atoms with E-state index in [0.717, 1.165) is 13.1 Å². The zero-order valence-corrected chi connectivity index (χ0v) is 15.4. The summed E-state index contributed by atoms with van der Waals surface area (Å²) in [5, 5.41) is 3.57. The fourth-order valence-electron chi connectivity index (χ4n) is 3.02. The van der Waals surface area contributed by atoms with Gasteiger partial charge in [0.15, 0.2) is 0 Å². The molecular formula is C17H34N2OS. The zero-order valence-electron chi connectivity index (χ0n) is 14.6. The maximum absolute atomic E-state index is 6.24. The van der Waals surface area contributed by atoms with Crippen molar-refractivity contribution in [1.82, 2.24) is 10.2 Å². The maximum Gasteiger partial charge on any atom is 0.0707 e. The van der Waals surface area contributed by atoms with Crippen molar-refractivity contribution >= 4 is 11.8 Å². The van der Waals surface area contributed by atoms with E-state index in [-0.39, 0.29) is 5.54 Å². The van der Waals surface area contributed by atoms with E-state index in [1.54, 1.807) is 0 Å². The van der Waals surface area contributed by atoms with Crippen molar-refractivity contribution in [1.29, 1.82) is 0 Å². The maximum atomic E-state index is 6.24. The second-order valence-electron chi connectivity index (χ2n) is 8.25. The molecule has 0 aromatic rings. The lowest BCUT2D eigenvalue weighted by atomic mass is 10.1. The highest BCUT2D eigenvalue weighted by molar-refractivity contribution is 8.00. The standard InChI is InChI=1S/C17H34N2OS/c1-16(2,3)18-12-14-6-7-15(20-14)13-19-9-8-17(4,5)21-11-10-19/h14-15,18H,6-13H2,1-5H3. The quantitative estimate of drug-likeness (QED) is 0.861. The van der Waals surface area contributed by atoms with Gasteiger partial charge in [-0.1, -0.05) is 13.8 Å². The van der Waals surface area contributed by atoms with Gasteiger partial charge in [-0.25, -0.2) is 0 Å². The molecule has 0 aromatic carbocycles. The van der Waals surface area contributed by atoms with Crippen molar-refractivity contribution in [2.75, 3.05) is 31.9 Å². The number of nitrogens with one attached hydrogen (secondary N) is 1. The van der Waals surface area contributed by atoms with Crippen molar-refractivity contribution < 1.29 is 4.74 Å². The van der Waals surface area contributed by atoms with Crippen LogP contribution in [0.25, 0.3) is 0 Å². The average Bonchev–Trinajstić information content (AvgIpc) is 2.73. The Morgan fingerprint density at radius 1 is 1.19 bits per heavy atom. The highest BCUT2D eigenvalue weighted by atomic mass is 32.2. The summed E-state index contributed by atoms with van der Waals surface area (Å²) in [7, 11) is 0. The third-order valence-electron chi connectivity index (χ3n) is 4.45. The smallest absolute Gasteiger partial charge is 0.0707 e. The van der Waals surface area contributed by atoms with E-state index in [2.05, 4.69) is 56.6 Å². The molecule has 0 amide bonds. The van der Waals surface area contributed by atoms with Crippen LogP contribution < -0.4 is 5.32 Å². The molecule has 2 aliphatic heterocycles. The van der Waals surface area contributed by atoms with Crippen LogP contribution in [0.1, 0.15) is 53.9 Å². The summed E-state index contributed by atoms with van der Waals surface area (Å²) in [6, 6.07) is 0. The monoisotopic (exact) mass is 314 g/mol. The number of hydrogen-bond acceptors (Lipinski definition) is 4. The molecule has 21 heavy (non-hydrogen) atoms. The number of hydrogen-bond donors (Lipinski definition) is 1. The second-order valence-corrected chi connectivity index (χ2v) is 10.0. The summed E-state index contributed by atoms with van der Waals surface area (Å²) in [6.45, 7) is 16.0. The molecule has 0 radical (unpaired) electrons. The summed E-state index contributed by atoms with van der Waals surface area (Å²) in [4.78, 5) is 2.62. The molecule has 2 saturated heterocycles. The van der Waals surface area contributed by atoms with Gasteiger partial charge in [0.2, 0.25) is 0 Å². The third kappa shape index (κ3) is 6.47. The van der Waals surface area contributed by atoms with Crippen LogP contribution in [0.3, 0.4) is 0 Å². The fraction of sp³-hybridized carbons (Fsp3) is 1.00. The van der Waals surface area contributed by atoms with Gasteiger partial charge in [0.1, 0.15) is 0 Å². The largest absolute Gasteiger partial charge is 0.372 e. The predicted octanol–water partition coefficient (Wildman–Crippen LogP) is 3.14. The van der Waals surface area contributed by atoms with Crippen molar-refractivity contribution in [2.45, 2.75) is 76.4 Å². The topological polar surface area (TPSA) is 24.5 Å². The summed E-state index contributed by atoms with van der Waals surface area (Å²) >= 11 is 2.12. The van der Waals surface area contributed by atoms with Crippen LogP contribution in [0.5, 0.6) is 0 Å². The zero-order chi connectivity index (χ0) is 15.5. The lowest BCUT2D eigenvalue weighted by molar-refractivity contribution is 0.0218. The van der Waals surface area contributed by atoms with Gasteiger partial charge < -0.3 is 10.1 Å². The van der Waals surface area contributed by atoms with Crippen molar-refractivity contribution in [2.24, 2.45) is 0 Å². The lowest BCUT2D eigenvalue weighted by Gasteiger charge is -2.26. The predicted molar refractivity (Wildman–Crippen MR) is 93.2 cm³/mol. The van der Waals surface area contributed by atoms with Gasteiger partial charge in [0, 0.05) is 35.7 Å². The Kier molecular flexibility index (Phi) is 6.03. The molecule has 2 fully saturated rings. The minimum absolute atomic E-state index is 0.190. The summed E-state index contributed by atoms with van der Waals surface area (Å²) in [5.41, 5.74) is 0.190. The van der Waals surface area contributed by atoms with Crippen molar-refractivity contribution in [3.8, 4) is 0 Å². The van der Waals surface area contributed by atoms with E-state index >= 15 is 0 Å². The molecule has 2 atom stereocenters. The Labute approximate surface area is 135 Å². The molecular weight excluding hydrogens is 280 g/mol. The molecule has 0 bridgehead atoms. The molecule has 2 rings (SSSR count). The SMILES string of the molecule is CC(C)(C)NCC1CCC(CN2CCSC(C)(C)CC2)O1. The average molecular weight is 315 g/mol. The van der Waals surface area contributed by atoms with Gasteiger partial charge in [0.05, 0.1) is 12.2 Å². The molecule has 0 aromatic heterocycles. The minimum atomic E-state index is 0.190. The van der Waals surface area contributed by atoms with Gasteiger partial charge in [-0.3, -0.25) is 4.90 Å². The van der Waals surface area contributed by atoms with Gasteiger partial charge in [-0.2, -0.15) is 11.8 Å². The van der Waals surface area contributed by atoms with Crippen LogP contribution >= 0.6 is 11.8 Å². The van der Waals surface area contributed by atoms with Crippen LogP contribution in [0.15, 0.2) is 0 Å². The first-order valence-corrected chi connectivity index (χ1v) is 9.49. The van der Waals surface area contributed by atoms with E-state index < -0.39 is 0 Å². The molecule has 2 unspecified atom stereocenters. The molecule has 124 valence electrons. The number of nitrogens with zero attached hydrogens (tertiary/aromatic N) is 1. The van der Waals surface area contributed by atoms with Crippen LogP contribution in [0.4, 0.5) is 0 Å². The minimum Gasteiger partial charge on any atom is -0.372 e. The Hall–Kier alpha value is 0.230. The molecule has 1 N–H and O–H groups in total. The Balaban J connectivity index is 1.70. The number of rotatable bonds is 4. The van der Waals surface area contributed by atoms with E-state index in [0.29, 0.717) is 17.0 Å². The van der Waals surface area contributed by atoms with E-state index in [1.165, 1.54) is 38.1 Å². The molecule has 2 heterocycles. The first-order chi connectivity index (χ1) is 9.73. The third-order valence-corrected chi connectivity index (χ3v) is 5.82. The Morgan fingerprint density at radius 3 is 2.62 bits per heavy atom. The van der Waals surface area contributed by atoms with Crippen molar-refractivity contribution in [3.05, 3.63) is 0 Å². The Bertz CT molecular complexity index is 327. The van der Waals surface area contributed by atoms with E-state index in [9.17, 15) is 0 Å². The van der Waals surface area contributed by atoms with Gasteiger partial charge in [0.25, 0.3) is 0 Å². The first kappa shape index (κ1) is 17.6. The molecule has 4 heteroatoms. The van der Waals surface area contributed by atoms with Gasteiger partial charge in [-0.15, -0.1) is 0 Å². The molecule has 3 nitrogen and oxygen atoms in total. The fourth-order valence-corrected chi connectivity index (χ4v) is 4.16.